The fourth-order valence-electron chi connectivity index (χ4n) is 8.19. The molecular weight excluding hydrogens is 290 g/mol. The molecule has 1 aromatic carbocycles. The minimum atomic E-state index is 0.760. The van der Waals surface area contributed by atoms with Crippen LogP contribution in [0.1, 0.15) is 68.4 Å². The molecule has 5 fully saturated rings. The van der Waals surface area contributed by atoms with E-state index in [0.717, 1.165) is 54.0 Å². The molecule has 1 aliphatic heterocycles. The Labute approximate surface area is 146 Å². The number of rotatable bonds is 1. The van der Waals surface area contributed by atoms with E-state index in [1.54, 1.807) is 43.2 Å². The van der Waals surface area contributed by atoms with Gasteiger partial charge < -0.3 is 5.32 Å². The smallest absolute Gasteiger partial charge is 0.0211 e. The SMILES string of the molecule is c1ccc2c(c1)CNC1CC(C3C4CC5CC(C4)CC3C5)CCC21. The highest BCUT2D eigenvalue weighted by molar-refractivity contribution is 5.34. The van der Waals surface area contributed by atoms with Crippen molar-refractivity contribution in [2.45, 2.75) is 69.9 Å². The highest BCUT2D eigenvalue weighted by Crippen LogP contribution is 2.60. The van der Waals surface area contributed by atoms with Gasteiger partial charge in [-0.2, -0.15) is 0 Å². The Morgan fingerprint density at radius 3 is 2.29 bits per heavy atom. The van der Waals surface area contributed by atoms with Crippen molar-refractivity contribution in [3.05, 3.63) is 35.4 Å². The summed E-state index contributed by atoms with van der Waals surface area (Å²) < 4.78 is 0. The van der Waals surface area contributed by atoms with E-state index < -0.39 is 0 Å². The topological polar surface area (TPSA) is 12.0 Å². The zero-order valence-corrected chi connectivity index (χ0v) is 14.8. The van der Waals surface area contributed by atoms with E-state index >= 15 is 0 Å². The van der Waals surface area contributed by atoms with Crippen LogP contribution in [0, 0.1) is 35.5 Å². The molecule has 0 aromatic heterocycles. The van der Waals surface area contributed by atoms with Crippen molar-refractivity contribution in [2.24, 2.45) is 35.5 Å². The Kier molecular flexibility index (Phi) is 3.19. The Morgan fingerprint density at radius 2 is 1.50 bits per heavy atom. The van der Waals surface area contributed by atoms with Gasteiger partial charge in [0.25, 0.3) is 0 Å². The molecule has 1 aromatic rings. The minimum Gasteiger partial charge on any atom is -0.309 e. The second kappa shape index (κ2) is 5.34. The van der Waals surface area contributed by atoms with Crippen LogP contribution in [0.3, 0.4) is 0 Å². The van der Waals surface area contributed by atoms with Crippen molar-refractivity contribution in [3.63, 3.8) is 0 Å². The first-order chi connectivity index (χ1) is 11.8. The minimum absolute atomic E-state index is 0.760. The lowest BCUT2D eigenvalue weighted by molar-refractivity contribution is -0.0713. The zero-order chi connectivity index (χ0) is 15.7. The summed E-state index contributed by atoms with van der Waals surface area (Å²) in [7, 11) is 0. The summed E-state index contributed by atoms with van der Waals surface area (Å²) in [4.78, 5) is 0. The van der Waals surface area contributed by atoms with E-state index in [9.17, 15) is 0 Å². The average Bonchev–Trinajstić information content (AvgIpc) is 2.60. The molecule has 3 unspecified atom stereocenters. The van der Waals surface area contributed by atoms with Crippen molar-refractivity contribution in [1.82, 2.24) is 5.32 Å². The third kappa shape index (κ3) is 2.09. The van der Waals surface area contributed by atoms with Crippen LogP contribution in [-0.2, 0) is 6.54 Å². The standard InChI is InChI=1S/C23H31N/c1-2-4-20-17(3-1)13-24-22-12-16(5-6-21(20)22)23-18-8-14-7-15(10-18)11-19(23)9-14/h1-4,14-16,18-19,21-24H,5-13H2. The summed E-state index contributed by atoms with van der Waals surface area (Å²) in [6, 6.07) is 9.97. The van der Waals surface area contributed by atoms with Crippen molar-refractivity contribution < 1.29 is 0 Å². The molecule has 128 valence electrons. The van der Waals surface area contributed by atoms with Crippen LogP contribution in [0.15, 0.2) is 24.3 Å². The molecule has 5 saturated carbocycles. The average molecular weight is 322 g/mol. The van der Waals surface area contributed by atoms with Gasteiger partial charge in [-0.3, -0.25) is 0 Å². The van der Waals surface area contributed by atoms with E-state index in [0.29, 0.717) is 0 Å². The zero-order valence-electron chi connectivity index (χ0n) is 14.8. The highest BCUT2D eigenvalue weighted by Gasteiger charge is 2.51. The Bertz CT molecular complexity index is 607. The second-order valence-corrected chi connectivity index (χ2v) is 9.87. The van der Waals surface area contributed by atoms with Gasteiger partial charge in [0.15, 0.2) is 0 Å². The molecule has 4 bridgehead atoms. The summed E-state index contributed by atoms with van der Waals surface area (Å²) in [6.07, 6.45) is 12.4. The fourth-order valence-corrected chi connectivity index (χ4v) is 8.19. The molecule has 0 amide bonds. The van der Waals surface area contributed by atoms with Crippen molar-refractivity contribution >= 4 is 0 Å². The molecule has 1 heterocycles. The van der Waals surface area contributed by atoms with Crippen LogP contribution in [0.25, 0.3) is 0 Å². The predicted molar refractivity (Wildman–Crippen MR) is 97.7 cm³/mol. The molecule has 1 heteroatoms. The number of benzene rings is 1. The van der Waals surface area contributed by atoms with Crippen LogP contribution in [-0.4, -0.2) is 6.04 Å². The van der Waals surface area contributed by atoms with E-state index in [2.05, 4.69) is 29.6 Å². The van der Waals surface area contributed by atoms with E-state index in [1.807, 2.05) is 0 Å². The normalized spacial score (nSPS) is 48.8. The van der Waals surface area contributed by atoms with Gasteiger partial charge in [-0.05, 0) is 104 Å². The van der Waals surface area contributed by atoms with Gasteiger partial charge in [0.2, 0.25) is 0 Å². The van der Waals surface area contributed by atoms with E-state index in [-0.39, 0.29) is 0 Å². The molecule has 5 aliphatic carbocycles. The maximum atomic E-state index is 3.93. The third-order valence-corrected chi connectivity index (χ3v) is 8.74. The molecule has 0 spiro atoms. The van der Waals surface area contributed by atoms with Gasteiger partial charge in [-0.25, -0.2) is 0 Å². The molecule has 1 nitrogen and oxygen atoms in total. The molecule has 3 atom stereocenters. The number of hydrogen-bond acceptors (Lipinski definition) is 1. The molecule has 7 rings (SSSR count). The monoisotopic (exact) mass is 321 g/mol. The summed E-state index contributed by atoms with van der Waals surface area (Å²) >= 11 is 0. The van der Waals surface area contributed by atoms with E-state index in [1.165, 1.54) is 19.3 Å². The Balaban J connectivity index is 1.23. The van der Waals surface area contributed by atoms with Gasteiger partial charge in [-0.1, -0.05) is 24.3 Å². The van der Waals surface area contributed by atoms with Gasteiger partial charge >= 0.3 is 0 Å². The van der Waals surface area contributed by atoms with Crippen LogP contribution in [0.2, 0.25) is 0 Å². The fraction of sp³-hybridized carbons (Fsp3) is 0.739. The van der Waals surface area contributed by atoms with Crippen LogP contribution >= 0.6 is 0 Å². The quantitative estimate of drug-likeness (QED) is 0.757. The number of nitrogens with one attached hydrogen (secondary N) is 1. The first kappa shape index (κ1) is 14.4. The highest BCUT2D eigenvalue weighted by atomic mass is 14.9. The lowest BCUT2D eigenvalue weighted by Gasteiger charge is -2.58. The van der Waals surface area contributed by atoms with Crippen LogP contribution < -0.4 is 5.32 Å². The van der Waals surface area contributed by atoms with Gasteiger partial charge in [0, 0.05) is 12.6 Å². The van der Waals surface area contributed by atoms with Crippen molar-refractivity contribution in [1.29, 1.82) is 0 Å². The van der Waals surface area contributed by atoms with Crippen LogP contribution in [0.5, 0.6) is 0 Å². The third-order valence-electron chi connectivity index (χ3n) is 8.74. The van der Waals surface area contributed by atoms with Crippen LogP contribution in [0.4, 0.5) is 0 Å². The summed E-state index contributed by atoms with van der Waals surface area (Å²) in [5, 5.41) is 3.93. The summed E-state index contributed by atoms with van der Waals surface area (Å²) in [5.41, 5.74) is 3.23. The molecule has 0 radical (unpaired) electrons. The van der Waals surface area contributed by atoms with E-state index in [4.69, 9.17) is 0 Å². The Hall–Kier alpha value is -0.820. The maximum absolute atomic E-state index is 3.93. The molecule has 6 aliphatic rings. The summed E-state index contributed by atoms with van der Waals surface area (Å²) in [6.45, 7) is 1.10. The van der Waals surface area contributed by atoms with Gasteiger partial charge in [-0.15, -0.1) is 0 Å². The molecular formula is C23H31N. The van der Waals surface area contributed by atoms with Gasteiger partial charge in [0.05, 0.1) is 0 Å². The first-order valence-electron chi connectivity index (χ1n) is 10.7. The largest absolute Gasteiger partial charge is 0.309 e. The van der Waals surface area contributed by atoms with Gasteiger partial charge in [0.1, 0.15) is 0 Å². The maximum Gasteiger partial charge on any atom is 0.0211 e. The Morgan fingerprint density at radius 1 is 0.750 bits per heavy atom. The number of fused-ring (bicyclic) bond motifs is 3. The second-order valence-electron chi connectivity index (χ2n) is 9.87. The predicted octanol–water partition coefficient (Wildman–Crippen LogP) is 5.11. The lowest BCUT2D eigenvalue weighted by atomic mass is 9.48. The lowest BCUT2D eigenvalue weighted by Crippen LogP contribution is -2.51. The number of hydrogen-bond donors (Lipinski definition) is 1. The first-order valence-corrected chi connectivity index (χ1v) is 10.7. The molecule has 0 saturated heterocycles. The summed E-state index contributed by atoms with van der Waals surface area (Å²) in [5.74, 6) is 7.39. The molecule has 1 N–H and O–H groups in total. The van der Waals surface area contributed by atoms with Crippen molar-refractivity contribution in [3.8, 4) is 0 Å². The molecule has 24 heavy (non-hydrogen) atoms. The van der Waals surface area contributed by atoms with Crippen molar-refractivity contribution in [2.75, 3.05) is 0 Å².